The van der Waals surface area contributed by atoms with Crippen LogP contribution in [0.25, 0.3) is 12.2 Å². The van der Waals surface area contributed by atoms with E-state index in [1.54, 1.807) is 9.36 Å². The topological polar surface area (TPSA) is 52.7 Å². The maximum absolute atomic E-state index is 12.3. The summed E-state index contributed by atoms with van der Waals surface area (Å²) in [5, 5.41) is 8.55. The first kappa shape index (κ1) is 12.6. The molecule has 0 aromatic carbocycles. The van der Waals surface area contributed by atoms with Gasteiger partial charge in [0.25, 0.3) is 0 Å². The van der Waals surface area contributed by atoms with E-state index >= 15 is 0 Å². The van der Waals surface area contributed by atoms with Crippen LogP contribution in [0.5, 0.6) is 0 Å². The van der Waals surface area contributed by atoms with E-state index in [9.17, 15) is 4.79 Å². The molecule has 1 aliphatic rings. The molecule has 0 radical (unpaired) electrons. The number of carbonyl (C=O) groups is 1. The number of Topliss-reactive ketones (excluding diaryl/α,β-unsaturated/α-hetero) is 1. The minimum absolute atomic E-state index is 0.112. The number of rotatable bonds is 2. The van der Waals surface area contributed by atoms with Gasteiger partial charge in [-0.3, -0.25) is 14.2 Å². The number of carbonyl (C=O) groups excluding carboxylic acids is 1. The van der Waals surface area contributed by atoms with Gasteiger partial charge in [0, 0.05) is 37.6 Å². The van der Waals surface area contributed by atoms with Crippen LogP contribution in [-0.2, 0) is 18.9 Å². The maximum atomic E-state index is 12.3. The summed E-state index contributed by atoms with van der Waals surface area (Å²) in [6.07, 6.45) is 9.04. The molecule has 0 atom stereocenters. The van der Waals surface area contributed by atoms with Crippen molar-refractivity contribution in [3.63, 3.8) is 0 Å². The lowest BCUT2D eigenvalue weighted by atomic mass is 10.1. The van der Waals surface area contributed by atoms with Crippen molar-refractivity contribution in [1.82, 2.24) is 19.6 Å². The molecule has 1 fully saturated rings. The van der Waals surface area contributed by atoms with Gasteiger partial charge in [0.1, 0.15) is 0 Å². The molecule has 1 saturated carbocycles. The largest absolute Gasteiger partial charge is 0.289 e. The van der Waals surface area contributed by atoms with E-state index in [1.165, 1.54) is 0 Å². The first-order valence-corrected chi connectivity index (χ1v) is 6.57. The van der Waals surface area contributed by atoms with Crippen molar-refractivity contribution in [1.29, 1.82) is 0 Å². The van der Waals surface area contributed by atoms with Crippen LogP contribution in [0.3, 0.4) is 0 Å². The molecule has 1 aliphatic carbocycles. The van der Waals surface area contributed by atoms with Crippen LogP contribution >= 0.6 is 0 Å². The van der Waals surface area contributed by atoms with E-state index in [-0.39, 0.29) is 5.78 Å². The number of allylic oxidation sites excluding steroid dienone is 2. The molecule has 0 saturated heterocycles. The predicted octanol–water partition coefficient (Wildman–Crippen LogP) is 1.98. The molecule has 102 valence electrons. The standard InChI is InChI=1S/C15H16N4O/c1-18-7-5-13(16-18)9-11-3-4-12(15(11)20)10-14-6-8-19(2)17-14/h5-10H,3-4H2,1-2H3. The van der Waals surface area contributed by atoms with Crippen LogP contribution in [0.1, 0.15) is 24.2 Å². The van der Waals surface area contributed by atoms with Crippen molar-refractivity contribution in [3.05, 3.63) is 47.1 Å². The molecule has 2 heterocycles. The fraction of sp³-hybridized carbons (Fsp3) is 0.267. The van der Waals surface area contributed by atoms with Crippen LogP contribution in [-0.4, -0.2) is 25.3 Å². The second-order valence-electron chi connectivity index (χ2n) is 5.00. The molecular weight excluding hydrogens is 252 g/mol. The third-order valence-electron chi connectivity index (χ3n) is 3.36. The molecule has 2 aromatic heterocycles. The second kappa shape index (κ2) is 4.92. The highest BCUT2D eigenvalue weighted by molar-refractivity contribution is 6.15. The molecule has 0 N–H and O–H groups in total. The van der Waals surface area contributed by atoms with Crippen molar-refractivity contribution >= 4 is 17.9 Å². The lowest BCUT2D eigenvalue weighted by Crippen LogP contribution is -1.96. The smallest absolute Gasteiger partial charge is 0.185 e. The van der Waals surface area contributed by atoms with Gasteiger partial charge in [-0.2, -0.15) is 10.2 Å². The molecular formula is C15H16N4O. The van der Waals surface area contributed by atoms with Gasteiger partial charge in [-0.05, 0) is 37.1 Å². The van der Waals surface area contributed by atoms with Crippen LogP contribution < -0.4 is 0 Å². The molecule has 0 spiro atoms. The second-order valence-corrected chi connectivity index (χ2v) is 5.00. The van der Waals surface area contributed by atoms with E-state index in [0.29, 0.717) is 0 Å². The normalized spacial score (nSPS) is 19.4. The Morgan fingerprint density at radius 2 is 1.40 bits per heavy atom. The number of aromatic nitrogens is 4. The molecule has 3 rings (SSSR count). The van der Waals surface area contributed by atoms with Crippen molar-refractivity contribution in [2.45, 2.75) is 12.8 Å². The van der Waals surface area contributed by atoms with Crippen molar-refractivity contribution in [2.75, 3.05) is 0 Å². The average Bonchev–Trinajstić information content (AvgIpc) is 3.08. The molecule has 20 heavy (non-hydrogen) atoms. The van der Waals surface area contributed by atoms with Crippen LogP contribution in [0, 0.1) is 0 Å². The Hall–Kier alpha value is -2.43. The molecule has 5 heteroatoms. The Balaban J connectivity index is 1.84. The number of hydrogen-bond donors (Lipinski definition) is 0. The summed E-state index contributed by atoms with van der Waals surface area (Å²) >= 11 is 0. The zero-order valence-corrected chi connectivity index (χ0v) is 11.6. The van der Waals surface area contributed by atoms with Gasteiger partial charge in [-0.25, -0.2) is 0 Å². The number of hydrogen-bond acceptors (Lipinski definition) is 3. The molecule has 0 amide bonds. The minimum Gasteiger partial charge on any atom is -0.289 e. The zero-order valence-electron chi connectivity index (χ0n) is 11.6. The van der Waals surface area contributed by atoms with Gasteiger partial charge in [0.2, 0.25) is 0 Å². The molecule has 0 unspecified atom stereocenters. The Morgan fingerprint density at radius 3 is 1.75 bits per heavy atom. The van der Waals surface area contributed by atoms with Crippen LogP contribution in [0.2, 0.25) is 0 Å². The summed E-state index contributed by atoms with van der Waals surface area (Å²) < 4.78 is 3.47. The van der Waals surface area contributed by atoms with Gasteiger partial charge in [0.15, 0.2) is 5.78 Å². The molecule has 0 aliphatic heterocycles. The number of aryl methyl sites for hydroxylation is 2. The number of nitrogens with zero attached hydrogens (tertiary/aromatic N) is 4. The summed E-state index contributed by atoms with van der Waals surface area (Å²) in [6, 6.07) is 3.81. The van der Waals surface area contributed by atoms with E-state index in [2.05, 4.69) is 10.2 Å². The fourth-order valence-corrected chi connectivity index (χ4v) is 2.36. The van der Waals surface area contributed by atoms with Crippen LogP contribution in [0.4, 0.5) is 0 Å². The fourth-order valence-electron chi connectivity index (χ4n) is 2.36. The highest BCUT2D eigenvalue weighted by Gasteiger charge is 2.23. The minimum atomic E-state index is 0.112. The van der Waals surface area contributed by atoms with E-state index in [1.807, 2.05) is 50.8 Å². The SMILES string of the molecule is Cn1ccc(C=C2CCC(=Cc3ccn(C)n3)C2=O)n1. The predicted molar refractivity (Wildman–Crippen MR) is 76.6 cm³/mol. The van der Waals surface area contributed by atoms with Crippen LogP contribution in [0.15, 0.2) is 35.7 Å². The van der Waals surface area contributed by atoms with Gasteiger partial charge >= 0.3 is 0 Å². The monoisotopic (exact) mass is 268 g/mol. The Kier molecular flexibility index (Phi) is 3.10. The van der Waals surface area contributed by atoms with Crippen molar-refractivity contribution in [2.24, 2.45) is 14.1 Å². The van der Waals surface area contributed by atoms with Gasteiger partial charge in [-0.15, -0.1) is 0 Å². The first-order chi connectivity index (χ1) is 9.61. The summed E-state index contributed by atoms with van der Waals surface area (Å²) in [5.41, 5.74) is 3.31. The first-order valence-electron chi connectivity index (χ1n) is 6.57. The molecule has 2 aromatic rings. The molecule has 0 bridgehead atoms. The van der Waals surface area contributed by atoms with E-state index in [4.69, 9.17) is 0 Å². The Bertz CT molecular complexity index is 658. The highest BCUT2D eigenvalue weighted by Crippen LogP contribution is 2.28. The van der Waals surface area contributed by atoms with Gasteiger partial charge < -0.3 is 0 Å². The summed E-state index contributed by atoms with van der Waals surface area (Å²) in [6.45, 7) is 0. The average molecular weight is 268 g/mol. The van der Waals surface area contributed by atoms with E-state index < -0.39 is 0 Å². The van der Waals surface area contributed by atoms with Gasteiger partial charge in [-0.1, -0.05) is 0 Å². The third kappa shape index (κ3) is 2.47. The third-order valence-corrected chi connectivity index (χ3v) is 3.36. The Labute approximate surface area is 117 Å². The number of ketones is 1. The summed E-state index contributed by atoms with van der Waals surface area (Å²) in [7, 11) is 3.73. The highest BCUT2D eigenvalue weighted by atomic mass is 16.1. The quantitative estimate of drug-likeness (QED) is 0.783. The maximum Gasteiger partial charge on any atom is 0.185 e. The lowest BCUT2D eigenvalue weighted by Gasteiger charge is -1.94. The van der Waals surface area contributed by atoms with E-state index in [0.717, 1.165) is 35.4 Å². The Morgan fingerprint density at radius 1 is 0.950 bits per heavy atom. The van der Waals surface area contributed by atoms with Gasteiger partial charge in [0.05, 0.1) is 11.4 Å². The van der Waals surface area contributed by atoms with Crippen molar-refractivity contribution < 1.29 is 4.79 Å². The molecule has 5 nitrogen and oxygen atoms in total. The zero-order chi connectivity index (χ0) is 14.1. The van der Waals surface area contributed by atoms with Crippen molar-refractivity contribution in [3.8, 4) is 0 Å². The summed E-state index contributed by atoms with van der Waals surface area (Å²) in [4.78, 5) is 12.3. The summed E-state index contributed by atoms with van der Waals surface area (Å²) in [5.74, 6) is 0.112. The lowest BCUT2D eigenvalue weighted by molar-refractivity contribution is -0.111.